The van der Waals surface area contributed by atoms with Gasteiger partial charge in [-0.15, -0.1) is 0 Å². The molecule has 2 nitrogen and oxygen atoms in total. The summed E-state index contributed by atoms with van der Waals surface area (Å²) >= 11 is 1.97. The van der Waals surface area contributed by atoms with Crippen molar-refractivity contribution in [3.63, 3.8) is 0 Å². The van der Waals surface area contributed by atoms with Crippen molar-refractivity contribution in [2.45, 2.75) is 31.1 Å². The Morgan fingerprint density at radius 2 is 2.56 bits per heavy atom. The van der Waals surface area contributed by atoms with Crippen LogP contribution in [0.4, 0.5) is 0 Å². The van der Waals surface area contributed by atoms with Gasteiger partial charge in [0.15, 0.2) is 0 Å². The molecule has 0 amide bonds. The first-order valence-electron chi connectivity index (χ1n) is 3.31. The largest absolute Gasteiger partial charge is 0.300 e. The Labute approximate surface area is 60.1 Å². The Bertz CT molecular complexity index is 83.1. The third kappa shape index (κ3) is 1.85. The lowest BCUT2D eigenvalue weighted by atomic mass is 10.2. The molecule has 0 radical (unpaired) electrons. The average molecular weight is 147 g/mol. The molecular formula is C6H13NOS. The highest BCUT2D eigenvalue weighted by Crippen LogP contribution is 2.29. The van der Waals surface area contributed by atoms with Crippen molar-refractivity contribution < 1.29 is 4.84 Å². The van der Waals surface area contributed by atoms with E-state index in [-0.39, 0.29) is 6.10 Å². The Balaban J connectivity index is 2.24. The number of hydrogen-bond donors (Lipinski definition) is 1. The second-order valence-electron chi connectivity index (χ2n) is 2.39. The second-order valence-corrected chi connectivity index (χ2v) is 3.74. The number of rotatable bonds is 2. The minimum absolute atomic E-state index is 0.234. The molecule has 1 aliphatic rings. The summed E-state index contributed by atoms with van der Waals surface area (Å²) in [6, 6.07) is 0. The van der Waals surface area contributed by atoms with Crippen molar-refractivity contribution >= 4 is 11.8 Å². The van der Waals surface area contributed by atoms with Gasteiger partial charge in [-0.1, -0.05) is 0 Å². The van der Waals surface area contributed by atoms with Gasteiger partial charge in [-0.2, -0.15) is 11.8 Å². The highest BCUT2D eigenvalue weighted by molar-refractivity contribution is 8.00. The molecule has 3 heteroatoms. The van der Waals surface area contributed by atoms with Gasteiger partial charge in [0.1, 0.15) is 0 Å². The van der Waals surface area contributed by atoms with Gasteiger partial charge in [0.2, 0.25) is 0 Å². The molecular weight excluding hydrogens is 134 g/mol. The maximum absolute atomic E-state index is 5.04. The predicted molar refractivity (Wildman–Crippen MR) is 40.2 cm³/mol. The molecule has 0 spiro atoms. The third-order valence-corrected chi connectivity index (χ3v) is 3.27. The lowest BCUT2D eigenvalue weighted by Gasteiger charge is -2.14. The molecule has 1 aliphatic heterocycles. The Morgan fingerprint density at radius 1 is 1.78 bits per heavy atom. The molecule has 0 aromatic rings. The van der Waals surface area contributed by atoms with Gasteiger partial charge < -0.3 is 4.84 Å². The van der Waals surface area contributed by atoms with Crippen LogP contribution < -0.4 is 5.90 Å². The monoisotopic (exact) mass is 147 g/mol. The van der Waals surface area contributed by atoms with Crippen LogP contribution in [0.1, 0.15) is 19.8 Å². The van der Waals surface area contributed by atoms with Crippen LogP contribution in [0, 0.1) is 0 Å². The zero-order chi connectivity index (χ0) is 6.69. The van der Waals surface area contributed by atoms with E-state index in [1.807, 2.05) is 18.7 Å². The first-order chi connectivity index (χ1) is 4.34. The van der Waals surface area contributed by atoms with E-state index in [2.05, 4.69) is 0 Å². The quantitative estimate of drug-likeness (QED) is 0.595. The van der Waals surface area contributed by atoms with E-state index in [0.717, 1.165) is 0 Å². The summed E-state index contributed by atoms with van der Waals surface area (Å²) in [5, 5.41) is 0.648. The van der Waals surface area contributed by atoms with Gasteiger partial charge in [-0.25, -0.2) is 5.90 Å². The minimum Gasteiger partial charge on any atom is -0.300 e. The highest BCUT2D eigenvalue weighted by atomic mass is 32.2. The van der Waals surface area contributed by atoms with Gasteiger partial charge in [0, 0.05) is 5.25 Å². The van der Waals surface area contributed by atoms with Crippen molar-refractivity contribution in [3.05, 3.63) is 0 Å². The van der Waals surface area contributed by atoms with Gasteiger partial charge in [0.25, 0.3) is 0 Å². The number of hydrogen-bond acceptors (Lipinski definition) is 3. The lowest BCUT2D eigenvalue weighted by molar-refractivity contribution is 0.0647. The molecule has 0 bridgehead atoms. The fourth-order valence-electron chi connectivity index (χ4n) is 1.06. The second kappa shape index (κ2) is 3.44. The SMILES string of the molecule is CC(ON)C1CCCS1. The lowest BCUT2D eigenvalue weighted by Crippen LogP contribution is -2.23. The smallest absolute Gasteiger partial charge is 0.0877 e. The first-order valence-corrected chi connectivity index (χ1v) is 4.36. The van der Waals surface area contributed by atoms with Crippen LogP contribution in [0.2, 0.25) is 0 Å². The molecule has 0 aromatic carbocycles. The topological polar surface area (TPSA) is 35.2 Å². The molecule has 0 saturated carbocycles. The van der Waals surface area contributed by atoms with Crippen LogP contribution in [0.15, 0.2) is 0 Å². The van der Waals surface area contributed by atoms with Crippen LogP contribution in [0.3, 0.4) is 0 Å². The Kier molecular flexibility index (Phi) is 2.82. The normalized spacial score (nSPS) is 30.7. The van der Waals surface area contributed by atoms with Crippen molar-refractivity contribution in [2.75, 3.05) is 5.75 Å². The maximum Gasteiger partial charge on any atom is 0.0877 e. The molecule has 1 heterocycles. The fraction of sp³-hybridized carbons (Fsp3) is 1.00. The zero-order valence-corrected chi connectivity index (χ0v) is 6.49. The molecule has 54 valence electrons. The van der Waals surface area contributed by atoms with Gasteiger partial charge in [-0.3, -0.25) is 0 Å². The van der Waals surface area contributed by atoms with E-state index in [1.165, 1.54) is 18.6 Å². The van der Waals surface area contributed by atoms with Crippen molar-refractivity contribution in [3.8, 4) is 0 Å². The summed E-state index contributed by atoms with van der Waals surface area (Å²) in [5.41, 5.74) is 0. The van der Waals surface area contributed by atoms with Crippen LogP contribution in [0.25, 0.3) is 0 Å². The van der Waals surface area contributed by atoms with E-state index in [4.69, 9.17) is 10.7 Å². The van der Waals surface area contributed by atoms with E-state index < -0.39 is 0 Å². The van der Waals surface area contributed by atoms with Gasteiger partial charge in [0.05, 0.1) is 6.10 Å². The first kappa shape index (κ1) is 7.38. The molecule has 9 heavy (non-hydrogen) atoms. The average Bonchev–Trinajstić information content (AvgIpc) is 2.37. The van der Waals surface area contributed by atoms with Gasteiger partial charge >= 0.3 is 0 Å². The Hall–Kier alpha value is 0.270. The molecule has 0 aliphatic carbocycles. The number of nitrogens with two attached hydrogens (primary N) is 1. The number of thioether (sulfide) groups is 1. The van der Waals surface area contributed by atoms with Crippen molar-refractivity contribution in [2.24, 2.45) is 5.90 Å². The van der Waals surface area contributed by atoms with E-state index >= 15 is 0 Å². The van der Waals surface area contributed by atoms with Crippen LogP contribution in [-0.2, 0) is 4.84 Å². The van der Waals surface area contributed by atoms with E-state index in [9.17, 15) is 0 Å². The Morgan fingerprint density at radius 3 is 3.00 bits per heavy atom. The highest BCUT2D eigenvalue weighted by Gasteiger charge is 2.21. The summed E-state index contributed by atoms with van der Waals surface area (Å²) in [4.78, 5) is 4.71. The standard InChI is InChI=1S/C6H13NOS/c1-5(8-7)6-3-2-4-9-6/h5-6H,2-4,7H2,1H3. The molecule has 2 unspecified atom stereocenters. The molecule has 1 saturated heterocycles. The van der Waals surface area contributed by atoms with Crippen LogP contribution in [-0.4, -0.2) is 17.1 Å². The van der Waals surface area contributed by atoms with Crippen molar-refractivity contribution in [1.29, 1.82) is 0 Å². The van der Waals surface area contributed by atoms with E-state index in [0.29, 0.717) is 5.25 Å². The summed E-state index contributed by atoms with van der Waals surface area (Å²) in [7, 11) is 0. The molecule has 2 N–H and O–H groups in total. The zero-order valence-electron chi connectivity index (χ0n) is 5.67. The summed E-state index contributed by atoms with van der Waals surface area (Å²) in [5.74, 6) is 6.31. The van der Waals surface area contributed by atoms with Crippen LogP contribution in [0.5, 0.6) is 0 Å². The molecule has 2 atom stereocenters. The summed E-state index contributed by atoms with van der Waals surface area (Å²) < 4.78 is 0. The summed E-state index contributed by atoms with van der Waals surface area (Å²) in [6.07, 6.45) is 2.82. The summed E-state index contributed by atoms with van der Waals surface area (Å²) in [6.45, 7) is 2.03. The third-order valence-electron chi connectivity index (χ3n) is 1.70. The van der Waals surface area contributed by atoms with Crippen molar-refractivity contribution in [1.82, 2.24) is 0 Å². The fourth-order valence-corrected chi connectivity index (χ4v) is 2.36. The molecule has 1 rings (SSSR count). The van der Waals surface area contributed by atoms with E-state index in [1.54, 1.807) is 0 Å². The maximum atomic E-state index is 5.04. The predicted octanol–water partition coefficient (Wildman–Crippen LogP) is 1.16. The minimum atomic E-state index is 0.234. The van der Waals surface area contributed by atoms with Gasteiger partial charge in [-0.05, 0) is 25.5 Å². The molecule has 1 fully saturated rings. The molecule has 0 aromatic heterocycles. The van der Waals surface area contributed by atoms with Crippen LogP contribution >= 0.6 is 11.8 Å².